The maximum Gasteiger partial charge on any atom is 0.0587 e. The first-order chi connectivity index (χ1) is 8.22. The Morgan fingerprint density at radius 1 is 1.35 bits per heavy atom. The van der Waals surface area contributed by atoms with Crippen molar-refractivity contribution < 1.29 is 4.74 Å². The highest BCUT2D eigenvalue weighted by Crippen LogP contribution is 2.48. The predicted octanol–water partition coefficient (Wildman–Crippen LogP) is 2.64. The molecule has 1 aliphatic carbocycles. The lowest BCUT2D eigenvalue weighted by molar-refractivity contribution is 0.199. The lowest BCUT2D eigenvalue weighted by Crippen LogP contribution is -2.21. The molecule has 1 saturated carbocycles. The number of hydrogen-bond acceptors (Lipinski definition) is 2. The summed E-state index contributed by atoms with van der Waals surface area (Å²) in [6.45, 7) is 7.30. The second-order valence-corrected chi connectivity index (χ2v) is 5.16. The Kier molecular flexibility index (Phi) is 4.19. The van der Waals surface area contributed by atoms with Crippen LogP contribution in [-0.2, 0) is 4.74 Å². The fourth-order valence-electron chi connectivity index (χ4n) is 2.48. The third-order valence-corrected chi connectivity index (χ3v) is 3.65. The summed E-state index contributed by atoms with van der Waals surface area (Å²) >= 11 is 0. The van der Waals surface area contributed by atoms with E-state index in [4.69, 9.17) is 4.74 Å². The molecule has 0 heterocycles. The Labute approximate surface area is 104 Å². The first-order valence-electron chi connectivity index (χ1n) is 6.49. The molecule has 0 bridgehead atoms. The van der Waals surface area contributed by atoms with Gasteiger partial charge in [-0.25, -0.2) is 0 Å². The molecular weight excluding hydrogens is 210 g/mol. The normalized spacial score (nSPS) is 22.8. The molecule has 1 aromatic rings. The number of benzene rings is 1. The fourth-order valence-corrected chi connectivity index (χ4v) is 2.48. The van der Waals surface area contributed by atoms with E-state index in [1.165, 1.54) is 17.5 Å². The molecule has 17 heavy (non-hydrogen) atoms. The van der Waals surface area contributed by atoms with Crippen LogP contribution in [0.1, 0.15) is 29.0 Å². The standard InChI is InChI=1S/C15H23NO/c1-11-4-5-12(2)14(8-11)15-9-13(15)10-16-6-7-17-3/h4-5,8,13,15-16H,6-7,9-10H2,1-3H3. The van der Waals surface area contributed by atoms with Crippen LogP contribution in [-0.4, -0.2) is 26.8 Å². The molecule has 0 radical (unpaired) electrons. The van der Waals surface area contributed by atoms with Gasteiger partial charge in [0.1, 0.15) is 0 Å². The third-order valence-electron chi connectivity index (χ3n) is 3.65. The molecule has 1 fully saturated rings. The summed E-state index contributed by atoms with van der Waals surface area (Å²) in [7, 11) is 1.75. The summed E-state index contributed by atoms with van der Waals surface area (Å²) in [5, 5.41) is 3.46. The zero-order valence-electron chi connectivity index (χ0n) is 11.1. The minimum absolute atomic E-state index is 0.782. The van der Waals surface area contributed by atoms with Gasteiger partial charge in [-0.15, -0.1) is 0 Å². The highest BCUT2D eigenvalue weighted by atomic mass is 16.5. The van der Waals surface area contributed by atoms with Crippen LogP contribution in [0.15, 0.2) is 18.2 Å². The molecule has 94 valence electrons. The molecule has 0 saturated heterocycles. The van der Waals surface area contributed by atoms with E-state index in [0.717, 1.165) is 31.5 Å². The lowest BCUT2D eigenvalue weighted by atomic mass is 10.0. The number of aryl methyl sites for hydroxylation is 2. The van der Waals surface area contributed by atoms with Crippen molar-refractivity contribution in [3.8, 4) is 0 Å². The molecule has 0 spiro atoms. The van der Waals surface area contributed by atoms with Crippen molar-refractivity contribution in [3.05, 3.63) is 34.9 Å². The van der Waals surface area contributed by atoms with Crippen molar-refractivity contribution in [1.82, 2.24) is 5.32 Å². The molecule has 0 aromatic heterocycles. The molecule has 2 unspecified atom stereocenters. The Balaban J connectivity index is 1.83. The Morgan fingerprint density at radius 2 is 2.18 bits per heavy atom. The van der Waals surface area contributed by atoms with E-state index >= 15 is 0 Å². The van der Waals surface area contributed by atoms with Crippen molar-refractivity contribution in [1.29, 1.82) is 0 Å². The van der Waals surface area contributed by atoms with Gasteiger partial charge in [0.15, 0.2) is 0 Å². The number of rotatable bonds is 6. The molecule has 0 aliphatic heterocycles. The van der Waals surface area contributed by atoms with Gasteiger partial charge in [-0.1, -0.05) is 23.8 Å². The summed E-state index contributed by atoms with van der Waals surface area (Å²) in [6, 6.07) is 6.81. The van der Waals surface area contributed by atoms with Gasteiger partial charge in [-0.2, -0.15) is 0 Å². The largest absolute Gasteiger partial charge is 0.383 e. The van der Waals surface area contributed by atoms with Gasteiger partial charge < -0.3 is 10.1 Å². The Morgan fingerprint density at radius 3 is 2.94 bits per heavy atom. The summed E-state index contributed by atoms with van der Waals surface area (Å²) < 4.78 is 5.03. The van der Waals surface area contributed by atoms with Crippen LogP contribution in [0.4, 0.5) is 0 Å². The lowest BCUT2D eigenvalue weighted by Gasteiger charge is -2.07. The highest BCUT2D eigenvalue weighted by molar-refractivity contribution is 5.36. The van der Waals surface area contributed by atoms with Crippen LogP contribution in [0, 0.1) is 19.8 Å². The minimum atomic E-state index is 0.782. The smallest absolute Gasteiger partial charge is 0.0587 e. The average Bonchev–Trinajstić information content (AvgIpc) is 3.07. The zero-order chi connectivity index (χ0) is 12.3. The summed E-state index contributed by atoms with van der Waals surface area (Å²) in [5.41, 5.74) is 4.38. The van der Waals surface area contributed by atoms with E-state index < -0.39 is 0 Å². The topological polar surface area (TPSA) is 21.3 Å². The summed E-state index contributed by atoms with van der Waals surface area (Å²) in [5.74, 6) is 1.61. The maximum atomic E-state index is 5.03. The van der Waals surface area contributed by atoms with Crippen LogP contribution in [0.3, 0.4) is 0 Å². The van der Waals surface area contributed by atoms with Gasteiger partial charge in [-0.3, -0.25) is 0 Å². The van der Waals surface area contributed by atoms with Crippen molar-refractivity contribution in [2.45, 2.75) is 26.2 Å². The number of ether oxygens (including phenoxy) is 1. The molecule has 1 aromatic carbocycles. The van der Waals surface area contributed by atoms with Crippen LogP contribution in [0.25, 0.3) is 0 Å². The Hall–Kier alpha value is -0.860. The SMILES string of the molecule is COCCNCC1CC1c1cc(C)ccc1C. The number of nitrogens with one attached hydrogen (secondary N) is 1. The van der Waals surface area contributed by atoms with Gasteiger partial charge in [0.2, 0.25) is 0 Å². The zero-order valence-corrected chi connectivity index (χ0v) is 11.1. The third kappa shape index (κ3) is 3.30. The first-order valence-corrected chi connectivity index (χ1v) is 6.49. The summed E-state index contributed by atoms with van der Waals surface area (Å²) in [6.07, 6.45) is 1.34. The van der Waals surface area contributed by atoms with Crippen LogP contribution >= 0.6 is 0 Å². The van der Waals surface area contributed by atoms with Gasteiger partial charge in [0.05, 0.1) is 6.61 Å². The van der Waals surface area contributed by atoms with E-state index in [1.54, 1.807) is 12.7 Å². The maximum absolute atomic E-state index is 5.03. The molecule has 2 atom stereocenters. The quantitative estimate of drug-likeness (QED) is 0.763. The van der Waals surface area contributed by atoms with Crippen molar-refractivity contribution in [2.24, 2.45) is 5.92 Å². The van der Waals surface area contributed by atoms with Crippen molar-refractivity contribution in [3.63, 3.8) is 0 Å². The van der Waals surface area contributed by atoms with Gasteiger partial charge >= 0.3 is 0 Å². The van der Waals surface area contributed by atoms with Crippen LogP contribution < -0.4 is 5.32 Å². The average molecular weight is 233 g/mol. The predicted molar refractivity (Wildman–Crippen MR) is 71.5 cm³/mol. The second-order valence-electron chi connectivity index (χ2n) is 5.16. The molecule has 2 rings (SSSR count). The number of hydrogen-bond donors (Lipinski definition) is 1. The van der Waals surface area contributed by atoms with Crippen molar-refractivity contribution >= 4 is 0 Å². The van der Waals surface area contributed by atoms with E-state index in [2.05, 4.69) is 37.4 Å². The molecular formula is C15H23NO. The second kappa shape index (κ2) is 5.65. The monoisotopic (exact) mass is 233 g/mol. The molecule has 0 amide bonds. The van der Waals surface area contributed by atoms with Crippen LogP contribution in [0.2, 0.25) is 0 Å². The fraction of sp³-hybridized carbons (Fsp3) is 0.600. The van der Waals surface area contributed by atoms with Crippen LogP contribution in [0.5, 0.6) is 0 Å². The number of methoxy groups -OCH3 is 1. The molecule has 1 aliphatic rings. The minimum Gasteiger partial charge on any atom is -0.383 e. The first kappa shape index (κ1) is 12.6. The van der Waals surface area contributed by atoms with Crippen molar-refractivity contribution in [2.75, 3.05) is 26.8 Å². The van der Waals surface area contributed by atoms with Gasteiger partial charge in [0.25, 0.3) is 0 Å². The molecule has 2 heteroatoms. The van der Waals surface area contributed by atoms with E-state index in [-0.39, 0.29) is 0 Å². The van der Waals surface area contributed by atoms with E-state index in [9.17, 15) is 0 Å². The van der Waals surface area contributed by atoms with Gasteiger partial charge in [0, 0.05) is 13.7 Å². The molecule has 2 nitrogen and oxygen atoms in total. The molecule has 1 N–H and O–H groups in total. The van der Waals surface area contributed by atoms with Gasteiger partial charge in [-0.05, 0) is 49.8 Å². The van der Waals surface area contributed by atoms with E-state index in [1.807, 2.05) is 0 Å². The summed E-state index contributed by atoms with van der Waals surface area (Å²) in [4.78, 5) is 0. The highest BCUT2D eigenvalue weighted by Gasteiger charge is 2.38. The van der Waals surface area contributed by atoms with E-state index in [0.29, 0.717) is 0 Å². The Bertz CT molecular complexity index is 375.